The van der Waals surface area contributed by atoms with Crippen molar-refractivity contribution in [2.45, 2.75) is 89.9 Å². The van der Waals surface area contributed by atoms with Gasteiger partial charge in [-0.1, -0.05) is 42.9 Å². The lowest BCUT2D eigenvalue weighted by atomic mass is 9.64. The molecule has 3 rings (SSSR count). The Bertz CT molecular complexity index is 727. The summed E-state index contributed by atoms with van der Waals surface area (Å²) < 4.78 is 0. The van der Waals surface area contributed by atoms with Crippen LogP contribution in [0.4, 0.5) is 0 Å². The quantitative estimate of drug-likeness (QED) is 0.376. The van der Waals surface area contributed by atoms with E-state index in [-0.39, 0.29) is 5.41 Å². The van der Waals surface area contributed by atoms with Gasteiger partial charge >= 0.3 is 0 Å². The molecule has 0 heterocycles. The molecule has 4 heteroatoms. The Labute approximate surface area is 187 Å². The maximum atomic E-state index is 10.1. The number of fused-ring (bicyclic) bond motifs is 1. The molecule has 0 aromatic rings. The highest BCUT2D eigenvalue weighted by atomic mass is 32.2. The van der Waals surface area contributed by atoms with Crippen LogP contribution in [0.15, 0.2) is 47.1 Å². The highest BCUT2D eigenvalue weighted by Gasteiger charge is 2.44. The molecular weight excluding hydrogens is 392 g/mol. The van der Waals surface area contributed by atoms with E-state index >= 15 is 0 Å². The molecule has 3 N–H and O–H groups in total. The molecular formula is C26H40O3S. The Morgan fingerprint density at radius 2 is 2.07 bits per heavy atom. The molecule has 2 fully saturated rings. The SMILES string of the molecule is C=C1/C(=C\C=C2/CCC[C@]3(C)C(CSCCCC(C)(C)O)=CC[C@@H]23)C[C@@H](O)C[C@@H]1O. The molecule has 3 aliphatic carbocycles. The van der Waals surface area contributed by atoms with Gasteiger partial charge in [0.2, 0.25) is 0 Å². The van der Waals surface area contributed by atoms with Crippen LogP contribution >= 0.6 is 11.8 Å². The van der Waals surface area contributed by atoms with E-state index in [9.17, 15) is 15.3 Å². The van der Waals surface area contributed by atoms with Gasteiger partial charge in [0.25, 0.3) is 0 Å². The molecule has 0 aromatic heterocycles. The summed E-state index contributed by atoms with van der Waals surface area (Å²) in [6.07, 6.45) is 13.4. The standard InChI is InChI=1S/C26H40O3S/c1-18-20(15-22(27)16-24(18)28)9-8-19-7-5-13-26(4)21(10-11-23(19)26)17-30-14-6-12-25(2,3)29/h8-10,22-24,27-29H,1,5-7,11-17H2,2-4H3/b19-8+,20-9-/t22-,23+,24+,26-/m1/s1. The topological polar surface area (TPSA) is 60.7 Å². The third-order valence-electron chi connectivity index (χ3n) is 7.31. The van der Waals surface area contributed by atoms with E-state index in [0.29, 0.717) is 18.8 Å². The van der Waals surface area contributed by atoms with E-state index in [0.717, 1.165) is 48.3 Å². The first kappa shape index (κ1) is 23.8. The summed E-state index contributed by atoms with van der Waals surface area (Å²) >= 11 is 2.01. The van der Waals surface area contributed by atoms with Crippen LogP contribution in [0.1, 0.15) is 72.1 Å². The number of aliphatic hydroxyl groups excluding tert-OH is 2. The lowest BCUT2D eigenvalue weighted by molar-refractivity contribution is 0.0706. The number of hydrogen-bond acceptors (Lipinski definition) is 4. The second-order valence-corrected chi connectivity index (χ2v) is 11.4. The highest BCUT2D eigenvalue weighted by molar-refractivity contribution is 7.99. The van der Waals surface area contributed by atoms with Gasteiger partial charge in [-0.2, -0.15) is 11.8 Å². The van der Waals surface area contributed by atoms with Gasteiger partial charge in [-0.3, -0.25) is 0 Å². The molecule has 0 radical (unpaired) electrons. The smallest absolute Gasteiger partial charge is 0.0811 e. The summed E-state index contributed by atoms with van der Waals surface area (Å²) in [5.74, 6) is 2.77. The van der Waals surface area contributed by atoms with Crippen LogP contribution in [-0.2, 0) is 0 Å². The molecule has 2 saturated carbocycles. The Morgan fingerprint density at radius 3 is 2.80 bits per heavy atom. The molecule has 168 valence electrons. The number of thioether (sulfide) groups is 1. The molecule has 0 unspecified atom stereocenters. The zero-order chi connectivity index (χ0) is 21.9. The van der Waals surface area contributed by atoms with Gasteiger partial charge < -0.3 is 15.3 Å². The molecule has 0 amide bonds. The number of aliphatic hydroxyl groups is 3. The fourth-order valence-electron chi connectivity index (χ4n) is 5.38. The fourth-order valence-corrected chi connectivity index (χ4v) is 6.54. The van der Waals surface area contributed by atoms with Crippen molar-refractivity contribution in [3.63, 3.8) is 0 Å². The van der Waals surface area contributed by atoms with E-state index < -0.39 is 17.8 Å². The Kier molecular flexibility index (Phi) is 7.76. The fraction of sp³-hybridized carbons (Fsp3) is 0.692. The van der Waals surface area contributed by atoms with Gasteiger partial charge in [-0.25, -0.2) is 0 Å². The van der Waals surface area contributed by atoms with Crippen molar-refractivity contribution >= 4 is 11.8 Å². The monoisotopic (exact) mass is 432 g/mol. The average molecular weight is 433 g/mol. The molecule has 4 atom stereocenters. The van der Waals surface area contributed by atoms with Crippen LogP contribution in [0.2, 0.25) is 0 Å². The van der Waals surface area contributed by atoms with Crippen LogP contribution in [0.5, 0.6) is 0 Å². The zero-order valence-electron chi connectivity index (χ0n) is 19.0. The second kappa shape index (κ2) is 9.77. The summed E-state index contributed by atoms with van der Waals surface area (Å²) in [5, 5.41) is 30.0. The van der Waals surface area contributed by atoms with E-state index in [1.807, 2.05) is 25.6 Å². The minimum absolute atomic E-state index is 0.258. The number of allylic oxidation sites excluding steroid dienone is 4. The number of rotatable bonds is 7. The predicted molar refractivity (Wildman–Crippen MR) is 128 cm³/mol. The average Bonchev–Trinajstić information content (AvgIpc) is 2.99. The maximum absolute atomic E-state index is 10.1. The highest BCUT2D eigenvalue weighted by Crippen LogP contribution is 2.55. The Morgan fingerprint density at radius 1 is 1.30 bits per heavy atom. The minimum atomic E-state index is -0.622. The van der Waals surface area contributed by atoms with E-state index in [2.05, 4.69) is 31.7 Å². The summed E-state index contributed by atoms with van der Waals surface area (Å²) in [5.41, 5.74) is 4.58. The Hall–Kier alpha value is -0.810. The predicted octanol–water partition coefficient (Wildman–Crippen LogP) is 5.33. The number of hydrogen-bond donors (Lipinski definition) is 3. The molecule has 0 aromatic carbocycles. The normalized spacial score (nSPS) is 35.1. The van der Waals surface area contributed by atoms with Crippen molar-refractivity contribution in [3.05, 3.63) is 47.1 Å². The molecule has 3 nitrogen and oxygen atoms in total. The lowest BCUT2D eigenvalue weighted by Crippen LogP contribution is -2.31. The van der Waals surface area contributed by atoms with Crippen LogP contribution in [0.3, 0.4) is 0 Å². The van der Waals surface area contributed by atoms with Gasteiger partial charge in [-0.15, -0.1) is 0 Å². The third-order valence-corrected chi connectivity index (χ3v) is 8.40. The van der Waals surface area contributed by atoms with Gasteiger partial charge in [0.05, 0.1) is 17.8 Å². The van der Waals surface area contributed by atoms with Crippen LogP contribution in [-0.4, -0.2) is 44.6 Å². The van der Waals surface area contributed by atoms with E-state index in [1.54, 1.807) is 5.57 Å². The van der Waals surface area contributed by atoms with E-state index in [1.165, 1.54) is 18.4 Å². The zero-order valence-corrected chi connectivity index (χ0v) is 19.8. The summed E-state index contributed by atoms with van der Waals surface area (Å²) in [7, 11) is 0. The van der Waals surface area contributed by atoms with Crippen LogP contribution in [0.25, 0.3) is 0 Å². The first-order valence-electron chi connectivity index (χ1n) is 11.5. The largest absolute Gasteiger partial charge is 0.393 e. The molecule has 3 aliphatic rings. The van der Waals surface area contributed by atoms with Gasteiger partial charge in [0.1, 0.15) is 0 Å². The van der Waals surface area contributed by atoms with Gasteiger partial charge in [0.15, 0.2) is 0 Å². The van der Waals surface area contributed by atoms with Crippen molar-refractivity contribution in [1.82, 2.24) is 0 Å². The second-order valence-electron chi connectivity index (χ2n) is 10.3. The Balaban J connectivity index is 1.61. The van der Waals surface area contributed by atoms with Crippen LogP contribution < -0.4 is 0 Å². The van der Waals surface area contributed by atoms with Crippen molar-refractivity contribution in [2.75, 3.05) is 11.5 Å². The first-order valence-corrected chi connectivity index (χ1v) is 12.7. The third kappa shape index (κ3) is 5.70. The summed E-state index contributed by atoms with van der Waals surface area (Å²) in [6, 6.07) is 0. The van der Waals surface area contributed by atoms with E-state index in [4.69, 9.17) is 0 Å². The first-order chi connectivity index (χ1) is 14.1. The van der Waals surface area contributed by atoms with Crippen molar-refractivity contribution in [1.29, 1.82) is 0 Å². The summed E-state index contributed by atoms with van der Waals surface area (Å²) in [6.45, 7) is 10.3. The minimum Gasteiger partial charge on any atom is -0.393 e. The molecule has 30 heavy (non-hydrogen) atoms. The summed E-state index contributed by atoms with van der Waals surface area (Å²) in [4.78, 5) is 0. The molecule has 0 aliphatic heterocycles. The molecule has 0 bridgehead atoms. The van der Waals surface area contributed by atoms with Gasteiger partial charge in [-0.05, 0) is 87.0 Å². The van der Waals surface area contributed by atoms with Gasteiger partial charge in [0, 0.05) is 12.2 Å². The van der Waals surface area contributed by atoms with Crippen molar-refractivity contribution in [3.8, 4) is 0 Å². The maximum Gasteiger partial charge on any atom is 0.0811 e. The molecule has 0 saturated heterocycles. The lowest BCUT2D eigenvalue weighted by Gasteiger charge is -2.41. The van der Waals surface area contributed by atoms with Crippen molar-refractivity contribution < 1.29 is 15.3 Å². The van der Waals surface area contributed by atoms with Crippen molar-refractivity contribution in [2.24, 2.45) is 11.3 Å². The molecule has 0 spiro atoms. The van der Waals surface area contributed by atoms with Crippen LogP contribution in [0, 0.1) is 11.3 Å².